The van der Waals surface area contributed by atoms with Crippen molar-refractivity contribution in [3.63, 3.8) is 0 Å². The fourth-order valence-corrected chi connectivity index (χ4v) is 2.85. The summed E-state index contributed by atoms with van der Waals surface area (Å²) in [6, 6.07) is 9.81. The molecular weight excluding hydrogens is 318 g/mol. The maximum Gasteiger partial charge on any atom is 0.303 e. The number of nitrogens with one attached hydrogen (secondary N) is 2. The summed E-state index contributed by atoms with van der Waals surface area (Å²) in [6.07, 6.45) is 4.59. The van der Waals surface area contributed by atoms with E-state index in [0.717, 1.165) is 22.4 Å². The molecule has 1 aliphatic heterocycles. The number of carbonyl (C=O) groups excluding carboxylic acids is 1. The van der Waals surface area contributed by atoms with Crippen LogP contribution in [0.15, 0.2) is 47.2 Å². The third-order valence-electron chi connectivity index (χ3n) is 4.19. The lowest BCUT2D eigenvalue weighted by Gasteiger charge is -2.04. The molecule has 0 radical (unpaired) electrons. The van der Waals surface area contributed by atoms with Gasteiger partial charge in [-0.3, -0.25) is 9.59 Å². The molecule has 6 nitrogen and oxygen atoms in total. The Morgan fingerprint density at radius 2 is 2.04 bits per heavy atom. The average Bonchev–Trinajstić information content (AvgIpc) is 3.11. The number of rotatable bonds is 6. The molecule has 1 aromatic carbocycles. The summed E-state index contributed by atoms with van der Waals surface area (Å²) in [5.41, 5.74) is 7.40. The Bertz CT molecular complexity index is 863. The molecule has 0 bridgehead atoms. The van der Waals surface area contributed by atoms with Crippen molar-refractivity contribution in [2.24, 2.45) is 5.10 Å². The number of aromatic nitrogens is 1. The van der Waals surface area contributed by atoms with Crippen molar-refractivity contribution in [1.82, 2.24) is 10.4 Å². The van der Waals surface area contributed by atoms with Crippen LogP contribution in [-0.2, 0) is 22.4 Å². The van der Waals surface area contributed by atoms with Crippen molar-refractivity contribution in [2.45, 2.75) is 26.2 Å². The van der Waals surface area contributed by atoms with Crippen LogP contribution in [0.5, 0.6) is 0 Å². The molecule has 2 heterocycles. The maximum absolute atomic E-state index is 12.2. The largest absolute Gasteiger partial charge is 0.481 e. The Kier molecular flexibility index (Phi) is 4.79. The number of nitrogens with zero attached hydrogens (tertiary/aromatic N) is 1. The number of aromatic amines is 1. The van der Waals surface area contributed by atoms with Gasteiger partial charge >= 0.3 is 5.97 Å². The average molecular weight is 337 g/mol. The van der Waals surface area contributed by atoms with Crippen LogP contribution in [0, 0.1) is 6.92 Å². The molecule has 0 saturated heterocycles. The van der Waals surface area contributed by atoms with Crippen LogP contribution in [-0.4, -0.2) is 27.7 Å². The van der Waals surface area contributed by atoms with Gasteiger partial charge in [-0.25, -0.2) is 5.43 Å². The molecule has 25 heavy (non-hydrogen) atoms. The van der Waals surface area contributed by atoms with Gasteiger partial charge in [-0.05, 0) is 36.1 Å². The van der Waals surface area contributed by atoms with Gasteiger partial charge in [0, 0.05) is 24.7 Å². The van der Waals surface area contributed by atoms with Gasteiger partial charge in [0.05, 0.1) is 11.3 Å². The highest BCUT2D eigenvalue weighted by molar-refractivity contribution is 6.27. The summed E-state index contributed by atoms with van der Waals surface area (Å²) < 4.78 is 0. The first-order valence-corrected chi connectivity index (χ1v) is 8.06. The van der Waals surface area contributed by atoms with E-state index in [4.69, 9.17) is 5.11 Å². The molecule has 1 aliphatic rings. The topological polar surface area (TPSA) is 94.5 Å². The molecule has 0 spiro atoms. The fourth-order valence-electron chi connectivity index (χ4n) is 2.85. The zero-order valence-corrected chi connectivity index (χ0v) is 13.9. The maximum atomic E-state index is 12.2. The molecule has 0 atom stereocenters. The van der Waals surface area contributed by atoms with Gasteiger partial charge in [-0.15, -0.1) is 0 Å². The first-order chi connectivity index (χ1) is 12.0. The first-order valence-electron chi connectivity index (χ1n) is 8.06. The first kappa shape index (κ1) is 16.7. The molecule has 2 aromatic rings. The summed E-state index contributed by atoms with van der Waals surface area (Å²) in [6.45, 7) is 1.92. The smallest absolute Gasteiger partial charge is 0.303 e. The number of carbonyl (C=O) groups is 2. The van der Waals surface area contributed by atoms with E-state index in [1.54, 1.807) is 6.08 Å². The highest BCUT2D eigenvalue weighted by Crippen LogP contribution is 2.21. The van der Waals surface area contributed by atoms with Gasteiger partial charge in [0.25, 0.3) is 5.91 Å². The number of hydrazone groups is 1. The minimum absolute atomic E-state index is 0.0476. The highest BCUT2D eigenvalue weighted by Gasteiger charge is 2.23. The zero-order valence-electron chi connectivity index (χ0n) is 13.9. The lowest BCUT2D eigenvalue weighted by Crippen LogP contribution is -2.14. The molecule has 0 unspecified atom stereocenters. The number of aliphatic carboxylic acids is 1. The van der Waals surface area contributed by atoms with Crippen LogP contribution in [0.2, 0.25) is 0 Å². The summed E-state index contributed by atoms with van der Waals surface area (Å²) >= 11 is 0. The fraction of sp³-hybridized carbons (Fsp3) is 0.211. The van der Waals surface area contributed by atoms with Gasteiger partial charge in [-0.1, -0.05) is 30.3 Å². The Balaban J connectivity index is 1.87. The second-order valence-corrected chi connectivity index (χ2v) is 5.98. The Morgan fingerprint density at radius 3 is 2.76 bits per heavy atom. The molecule has 0 fully saturated rings. The highest BCUT2D eigenvalue weighted by atomic mass is 16.4. The van der Waals surface area contributed by atoms with Crippen molar-refractivity contribution in [3.05, 3.63) is 64.5 Å². The molecule has 0 aliphatic carbocycles. The Labute approximate surface area is 145 Å². The molecular formula is C19H19N3O3. The zero-order chi connectivity index (χ0) is 17.8. The molecule has 128 valence electrons. The number of carboxylic acid groups (broad SMARTS) is 1. The van der Waals surface area contributed by atoms with Crippen LogP contribution in [0.4, 0.5) is 0 Å². The third kappa shape index (κ3) is 3.85. The summed E-state index contributed by atoms with van der Waals surface area (Å²) in [5.74, 6) is -1.09. The van der Waals surface area contributed by atoms with Crippen LogP contribution < -0.4 is 5.43 Å². The summed E-state index contributed by atoms with van der Waals surface area (Å²) in [4.78, 5) is 26.1. The van der Waals surface area contributed by atoms with Crippen LogP contribution >= 0.6 is 0 Å². The van der Waals surface area contributed by atoms with E-state index in [-0.39, 0.29) is 12.3 Å². The minimum Gasteiger partial charge on any atom is -0.481 e. The minimum atomic E-state index is -0.843. The summed E-state index contributed by atoms with van der Waals surface area (Å²) in [7, 11) is 0. The molecule has 6 heteroatoms. The number of H-pyrrole nitrogens is 1. The van der Waals surface area contributed by atoms with E-state index in [1.807, 2.05) is 43.5 Å². The van der Waals surface area contributed by atoms with Crippen LogP contribution in [0.25, 0.3) is 6.08 Å². The quantitative estimate of drug-likeness (QED) is 0.707. The second kappa shape index (κ2) is 7.17. The Morgan fingerprint density at radius 1 is 1.28 bits per heavy atom. The molecule has 0 saturated carbocycles. The molecule has 3 rings (SSSR count). The number of hydrogen-bond acceptors (Lipinski definition) is 3. The number of carboxylic acids is 1. The Hall–Kier alpha value is -3.15. The standard InChI is InChI=1S/C19H19N3O3/c1-12-11-20-16(14(12)7-8-18(23)24)10-15-17(21-22-19(15)25)9-13-5-3-2-4-6-13/h2-6,10-11,20H,7-9H2,1H3,(H,22,25)(H,23,24). The van der Waals surface area contributed by atoms with Crippen molar-refractivity contribution >= 4 is 23.7 Å². The normalized spacial score (nSPS) is 15.3. The van der Waals surface area contributed by atoms with Gasteiger partial charge < -0.3 is 10.1 Å². The van der Waals surface area contributed by atoms with Crippen molar-refractivity contribution < 1.29 is 14.7 Å². The van der Waals surface area contributed by atoms with Crippen molar-refractivity contribution in [3.8, 4) is 0 Å². The van der Waals surface area contributed by atoms with E-state index >= 15 is 0 Å². The lowest BCUT2D eigenvalue weighted by atomic mass is 9.99. The van der Waals surface area contributed by atoms with E-state index < -0.39 is 5.97 Å². The third-order valence-corrected chi connectivity index (χ3v) is 4.19. The number of amides is 1. The number of benzene rings is 1. The second-order valence-electron chi connectivity index (χ2n) is 5.98. The van der Waals surface area contributed by atoms with E-state index in [0.29, 0.717) is 24.1 Å². The SMILES string of the molecule is Cc1c[nH]c(C=C2C(=O)NN=C2Cc2ccccc2)c1CCC(=O)O. The molecule has 1 amide bonds. The van der Waals surface area contributed by atoms with E-state index in [1.165, 1.54) is 0 Å². The van der Waals surface area contributed by atoms with Gasteiger partial charge in [0.1, 0.15) is 0 Å². The predicted octanol–water partition coefficient (Wildman–Crippen LogP) is 2.45. The van der Waals surface area contributed by atoms with Crippen LogP contribution in [0.1, 0.15) is 28.8 Å². The van der Waals surface area contributed by atoms with Gasteiger partial charge in [0.15, 0.2) is 0 Å². The van der Waals surface area contributed by atoms with Gasteiger partial charge in [-0.2, -0.15) is 5.10 Å². The monoisotopic (exact) mass is 337 g/mol. The molecule has 3 N–H and O–H groups in total. The van der Waals surface area contributed by atoms with E-state index in [9.17, 15) is 9.59 Å². The van der Waals surface area contributed by atoms with Crippen molar-refractivity contribution in [2.75, 3.05) is 0 Å². The van der Waals surface area contributed by atoms with Crippen LogP contribution in [0.3, 0.4) is 0 Å². The van der Waals surface area contributed by atoms with E-state index in [2.05, 4.69) is 15.5 Å². The predicted molar refractivity (Wildman–Crippen MR) is 95.2 cm³/mol. The number of aryl methyl sites for hydroxylation is 1. The summed E-state index contributed by atoms with van der Waals surface area (Å²) in [5, 5.41) is 13.1. The number of hydrogen-bond donors (Lipinski definition) is 3. The lowest BCUT2D eigenvalue weighted by molar-refractivity contribution is -0.137. The van der Waals surface area contributed by atoms with Crippen molar-refractivity contribution in [1.29, 1.82) is 0 Å². The molecule has 1 aromatic heterocycles. The van der Waals surface area contributed by atoms with Gasteiger partial charge in [0.2, 0.25) is 0 Å².